The zero-order valence-electron chi connectivity index (χ0n) is 23.0. The average molecular weight is 582 g/mol. The van der Waals surface area contributed by atoms with E-state index in [2.05, 4.69) is 11.0 Å². The van der Waals surface area contributed by atoms with Crippen LogP contribution in [0.2, 0.25) is 5.02 Å². The molecule has 9 nitrogen and oxygen atoms in total. The number of carbonyl (C=O) groups excluding carboxylic acids is 1. The second-order valence-corrected chi connectivity index (χ2v) is 10.7. The molecule has 0 aliphatic carbocycles. The third kappa shape index (κ3) is 5.01. The van der Waals surface area contributed by atoms with Crippen LogP contribution < -0.4 is 14.2 Å². The summed E-state index contributed by atoms with van der Waals surface area (Å²) in [5.41, 5.74) is 5.23. The van der Waals surface area contributed by atoms with E-state index in [-0.39, 0.29) is 12.7 Å². The number of rotatable bonds is 6. The molecule has 42 heavy (non-hydrogen) atoms. The minimum atomic E-state index is -0.0907. The lowest BCUT2D eigenvalue weighted by molar-refractivity contribution is 0.0620. The van der Waals surface area contributed by atoms with Gasteiger partial charge in [0, 0.05) is 54.9 Å². The number of benzene rings is 3. The Labute approximate surface area is 247 Å². The monoisotopic (exact) mass is 581 g/mol. The van der Waals surface area contributed by atoms with Crippen molar-refractivity contribution in [3.8, 4) is 39.8 Å². The number of halogens is 1. The minimum Gasteiger partial charge on any atom is -0.496 e. The van der Waals surface area contributed by atoms with Gasteiger partial charge in [-0.2, -0.15) is 5.10 Å². The molecule has 1 amide bonds. The highest BCUT2D eigenvalue weighted by atomic mass is 35.5. The highest BCUT2D eigenvalue weighted by Crippen LogP contribution is 2.33. The molecule has 0 saturated carbocycles. The van der Waals surface area contributed by atoms with Gasteiger partial charge in [-0.15, -0.1) is 0 Å². The predicted octanol–water partition coefficient (Wildman–Crippen LogP) is 5.41. The maximum absolute atomic E-state index is 14.1. The second-order valence-electron chi connectivity index (χ2n) is 10.3. The van der Waals surface area contributed by atoms with Crippen molar-refractivity contribution in [1.29, 1.82) is 0 Å². The number of hydrogen-bond acceptors (Lipinski definition) is 7. The Balaban J connectivity index is 1.18. The lowest BCUT2D eigenvalue weighted by Gasteiger charge is -2.34. The molecule has 212 valence electrons. The van der Waals surface area contributed by atoms with E-state index in [9.17, 15) is 4.79 Å². The van der Waals surface area contributed by atoms with Gasteiger partial charge in [0.15, 0.2) is 17.1 Å². The average Bonchev–Trinajstić information content (AvgIpc) is 3.68. The van der Waals surface area contributed by atoms with Crippen LogP contribution in [0.4, 0.5) is 0 Å². The summed E-state index contributed by atoms with van der Waals surface area (Å²) in [5, 5.41) is 5.45. The molecular formula is C32H28ClN5O4. The van der Waals surface area contributed by atoms with Crippen LogP contribution >= 0.6 is 11.6 Å². The number of hydrogen-bond donors (Lipinski definition) is 0. The largest absolute Gasteiger partial charge is 0.496 e. The fourth-order valence-electron chi connectivity index (χ4n) is 5.45. The van der Waals surface area contributed by atoms with Crippen molar-refractivity contribution in [1.82, 2.24) is 24.4 Å². The third-order valence-electron chi connectivity index (χ3n) is 7.67. The molecule has 0 radical (unpaired) electrons. The van der Waals surface area contributed by atoms with Crippen molar-refractivity contribution < 1.29 is 19.0 Å². The van der Waals surface area contributed by atoms with E-state index in [1.165, 1.54) is 0 Å². The summed E-state index contributed by atoms with van der Waals surface area (Å²) in [6, 6.07) is 24.9. The van der Waals surface area contributed by atoms with Crippen LogP contribution in [0.5, 0.6) is 17.2 Å². The molecule has 10 heteroatoms. The quantitative estimate of drug-likeness (QED) is 0.265. The summed E-state index contributed by atoms with van der Waals surface area (Å²) >= 11 is 6.11. The molecule has 2 aliphatic rings. The van der Waals surface area contributed by atoms with Crippen LogP contribution in [0.1, 0.15) is 16.1 Å². The molecule has 4 heterocycles. The maximum Gasteiger partial charge on any atom is 0.272 e. The number of fused-ring (bicyclic) bond motifs is 2. The number of aromatic nitrogens is 3. The molecule has 0 spiro atoms. The van der Waals surface area contributed by atoms with E-state index >= 15 is 0 Å². The van der Waals surface area contributed by atoms with Gasteiger partial charge in [0.2, 0.25) is 6.79 Å². The number of nitrogens with zero attached hydrogens (tertiary/aromatic N) is 5. The Morgan fingerprint density at radius 2 is 1.69 bits per heavy atom. The number of methoxy groups -OCH3 is 1. The molecule has 1 fully saturated rings. The first-order valence-electron chi connectivity index (χ1n) is 13.8. The lowest BCUT2D eigenvalue weighted by Crippen LogP contribution is -2.48. The highest BCUT2D eigenvalue weighted by Gasteiger charge is 2.26. The molecule has 2 aliphatic heterocycles. The summed E-state index contributed by atoms with van der Waals surface area (Å²) in [4.78, 5) is 23.2. The standard InChI is InChI=1S/C32H28ClN5O4/c1-40-28-5-3-2-4-24(28)26-17-27(38-31(34-26)18-25(35-38)22-7-9-23(33)10-8-22)32(39)37-14-12-36(13-15-37)19-21-6-11-29-30(16-21)42-20-41-29/h2-11,16-18H,12-15,19-20H2,1H3. The SMILES string of the molecule is COc1ccccc1-c1cc(C(=O)N2CCN(Cc3ccc4c(c3)OCO4)CC2)n2nc(-c3ccc(Cl)cc3)cc2n1. The highest BCUT2D eigenvalue weighted by molar-refractivity contribution is 6.30. The third-order valence-corrected chi connectivity index (χ3v) is 7.92. The lowest BCUT2D eigenvalue weighted by atomic mass is 10.1. The Bertz CT molecular complexity index is 1780. The van der Waals surface area contributed by atoms with Gasteiger partial charge in [-0.05, 0) is 48.0 Å². The van der Waals surface area contributed by atoms with Gasteiger partial charge in [0.25, 0.3) is 5.91 Å². The zero-order chi connectivity index (χ0) is 28.6. The fraction of sp³-hybridized carbons (Fsp3) is 0.219. The van der Waals surface area contributed by atoms with Crippen LogP contribution in [0.15, 0.2) is 78.9 Å². The Morgan fingerprint density at radius 3 is 2.50 bits per heavy atom. The summed E-state index contributed by atoms with van der Waals surface area (Å²) < 4.78 is 18.2. The van der Waals surface area contributed by atoms with Gasteiger partial charge in [0.1, 0.15) is 11.4 Å². The molecule has 0 unspecified atom stereocenters. The smallest absolute Gasteiger partial charge is 0.272 e. The van der Waals surface area contributed by atoms with Crippen molar-refractivity contribution in [2.24, 2.45) is 0 Å². The van der Waals surface area contributed by atoms with Gasteiger partial charge < -0.3 is 19.1 Å². The van der Waals surface area contributed by atoms with E-state index in [4.69, 9.17) is 35.9 Å². The molecular weight excluding hydrogens is 554 g/mol. The van der Waals surface area contributed by atoms with Crippen molar-refractivity contribution in [2.45, 2.75) is 6.54 Å². The van der Waals surface area contributed by atoms with Gasteiger partial charge in [-0.1, -0.05) is 41.9 Å². The van der Waals surface area contributed by atoms with Crippen LogP contribution in [-0.2, 0) is 6.54 Å². The molecule has 2 aromatic heterocycles. The normalized spacial score (nSPS) is 14.9. The van der Waals surface area contributed by atoms with Crippen molar-refractivity contribution >= 4 is 23.2 Å². The molecule has 7 rings (SSSR count). The molecule has 0 N–H and O–H groups in total. The van der Waals surface area contributed by atoms with Gasteiger partial charge in [0.05, 0.1) is 18.5 Å². The van der Waals surface area contributed by atoms with Crippen LogP contribution in [0.3, 0.4) is 0 Å². The predicted molar refractivity (Wildman–Crippen MR) is 159 cm³/mol. The summed E-state index contributed by atoms with van der Waals surface area (Å²) in [6.07, 6.45) is 0. The van der Waals surface area contributed by atoms with E-state index in [0.717, 1.165) is 47.8 Å². The topological polar surface area (TPSA) is 81.4 Å². The number of ether oxygens (including phenoxy) is 3. The van der Waals surface area contributed by atoms with Crippen LogP contribution in [0, 0.1) is 0 Å². The minimum absolute atomic E-state index is 0.0907. The van der Waals surface area contributed by atoms with Crippen LogP contribution in [-0.4, -0.2) is 70.4 Å². The van der Waals surface area contributed by atoms with Crippen LogP contribution in [0.25, 0.3) is 28.2 Å². The van der Waals surface area contributed by atoms with Gasteiger partial charge >= 0.3 is 0 Å². The summed E-state index contributed by atoms with van der Waals surface area (Å²) in [5.74, 6) is 2.16. The molecule has 0 atom stereocenters. The van der Waals surface area contributed by atoms with Crippen molar-refractivity contribution in [3.63, 3.8) is 0 Å². The van der Waals surface area contributed by atoms with Crippen molar-refractivity contribution in [3.05, 3.63) is 95.1 Å². The van der Waals surface area contributed by atoms with E-state index < -0.39 is 0 Å². The van der Waals surface area contributed by atoms with E-state index in [0.29, 0.717) is 46.6 Å². The number of piperazine rings is 1. The number of amides is 1. The van der Waals surface area contributed by atoms with Gasteiger partial charge in [-0.25, -0.2) is 9.50 Å². The Hall–Kier alpha value is -4.60. The molecule has 5 aromatic rings. The molecule has 0 bridgehead atoms. The number of para-hydroxylation sites is 1. The Kier molecular flexibility index (Phi) is 6.89. The zero-order valence-corrected chi connectivity index (χ0v) is 23.8. The maximum atomic E-state index is 14.1. The second kappa shape index (κ2) is 11.0. The fourth-order valence-corrected chi connectivity index (χ4v) is 5.58. The summed E-state index contributed by atoms with van der Waals surface area (Å²) in [7, 11) is 1.63. The van der Waals surface area contributed by atoms with Crippen molar-refractivity contribution in [2.75, 3.05) is 40.1 Å². The van der Waals surface area contributed by atoms with E-state index in [1.807, 2.05) is 77.7 Å². The van der Waals surface area contributed by atoms with Gasteiger partial charge in [-0.3, -0.25) is 9.69 Å². The molecule has 1 saturated heterocycles. The first kappa shape index (κ1) is 26.3. The first-order valence-corrected chi connectivity index (χ1v) is 14.1. The molecule has 3 aromatic carbocycles. The number of carbonyl (C=O) groups is 1. The van der Waals surface area contributed by atoms with E-state index in [1.54, 1.807) is 11.6 Å². The first-order chi connectivity index (χ1) is 20.6. The summed E-state index contributed by atoms with van der Waals surface area (Å²) in [6.45, 7) is 3.74. The Morgan fingerprint density at radius 1 is 0.905 bits per heavy atom.